The van der Waals surface area contributed by atoms with Gasteiger partial charge in [-0.3, -0.25) is 0 Å². The molecule has 16 heteroatoms. The second kappa shape index (κ2) is 10.8. The average Bonchev–Trinajstić information content (AvgIpc) is 2.78. The van der Waals surface area contributed by atoms with Crippen LogP contribution in [0, 0.1) is 17.3 Å². The van der Waals surface area contributed by atoms with Crippen molar-refractivity contribution in [2.45, 2.75) is 94.9 Å². The smallest absolute Gasteiger partial charge is 0.426 e. The second-order valence-corrected chi connectivity index (χ2v) is 11.4. The van der Waals surface area contributed by atoms with E-state index in [0.717, 1.165) is 12.1 Å². The van der Waals surface area contributed by atoms with Crippen LogP contribution >= 0.6 is 0 Å². The highest BCUT2D eigenvalue weighted by Gasteiger charge is 2.78. The van der Waals surface area contributed by atoms with Gasteiger partial charge in [-0.25, -0.2) is 4.79 Å². The van der Waals surface area contributed by atoms with Gasteiger partial charge in [0.2, 0.25) is 0 Å². The summed E-state index contributed by atoms with van der Waals surface area (Å²) >= 11 is 0. The highest BCUT2D eigenvalue weighted by Crippen LogP contribution is 2.58. The van der Waals surface area contributed by atoms with E-state index in [1.165, 1.54) is 12.1 Å². The topological polar surface area (TPSA) is 66.8 Å². The second-order valence-electron chi connectivity index (χ2n) is 11.4. The molecule has 0 spiro atoms. The normalized spacial score (nSPS) is 22.8. The van der Waals surface area contributed by atoms with Crippen LogP contribution in [0.15, 0.2) is 24.3 Å². The molecule has 236 valence electrons. The fraction of sp³-hybridized carbons (Fsp3) is 0.720. The average molecular weight is 620 g/mol. The van der Waals surface area contributed by atoms with Crippen molar-refractivity contribution in [3.8, 4) is 0 Å². The molecule has 0 heterocycles. The molecule has 1 aromatic rings. The minimum atomic E-state index is -6.61. The molecule has 0 aromatic heterocycles. The largest absolute Gasteiger partial charge is 0.459 e. The zero-order valence-corrected chi connectivity index (χ0v) is 22.0. The van der Waals surface area contributed by atoms with Crippen molar-refractivity contribution in [3.63, 3.8) is 0 Å². The molecule has 1 aromatic carbocycles. The Bertz CT molecular complexity index is 991. The van der Waals surface area contributed by atoms with Gasteiger partial charge in [0.15, 0.2) is 0 Å². The third-order valence-corrected chi connectivity index (χ3v) is 7.79. The molecule has 2 rings (SSSR count). The third kappa shape index (κ3) is 6.57. The number of carbonyl (C=O) groups excluding carboxylic acids is 1. The summed E-state index contributed by atoms with van der Waals surface area (Å²) in [5.74, 6) is -8.36. The van der Waals surface area contributed by atoms with Gasteiger partial charge >= 0.3 is 30.7 Å². The lowest BCUT2D eigenvalue weighted by Crippen LogP contribution is -2.67. The first-order valence-electron chi connectivity index (χ1n) is 12.1. The van der Waals surface area contributed by atoms with Gasteiger partial charge in [0.25, 0.3) is 11.2 Å². The molecule has 1 saturated carbocycles. The monoisotopic (exact) mass is 620 g/mol. The number of hydrogen-bond donors (Lipinski definition) is 2. The van der Waals surface area contributed by atoms with Crippen LogP contribution in [0.1, 0.15) is 68.8 Å². The number of esters is 1. The number of halogens is 12. The lowest BCUT2D eigenvalue weighted by molar-refractivity contribution is -0.405. The van der Waals surface area contributed by atoms with Crippen LogP contribution in [-0.4, -0.2) is 58.2 Å². The van der Waals surface area contributed by atoms with Crippen molar-refractivity contribution >= 4 is 5.97 Å². The van der Waals surface area contributed by atoms with Crippen LogP contribution in [-0.2, 0) is 4.74 Å². The van der Waals surface area contributed by atoms with Crippen LogP contribution in [0.25, 0.3) is 0 Å². The number of rotatable bonds is 5. The lowest BCUT2D eigenvalue weighted by atomic mass is 9.65. The fourth-order valence-electron chi connectivity index (χ4n) is 4.92. The van der Waals surface area contributed by atoms with Gasteiger partial charge in [-0.2, -0.15) is 52.7 Å². The van der Waals surface area contributed by atoms with Crippen LogP contribution in [0.4, 0.5) is 52.7 Å². The minimum Gasteiger partial charge on any atom is -0.459 e. The predicted molar refractivity (Wildman–Crippen MR) is 118 cm³/mol. The molecule has 0 aliphatic heterocycles. The van der Waals surface area contributed by atoms with E-state index in [4.69, 9.17) is 4.74 Å². The van der Waals surface area contributed by atoms with Gasteiger partial charge in [-0.15, -0.1) is 0 Å². The Hall–Kier alpha value is -2.23. The third-order valence-electron chi connectivity index (χ3n) is 7.79. The van der Waals surface area contributed by atoms with E-state index >= 15 is 0 Å². The van der Waals surface area contributed by atoms with Crippen LogP contribution in [0.3, 0.4) is 0 Å². The van der Waals surface area contributed by atoms with Crippen molar-refractivity contribution < 1.29 is 72.4 Å². The minimum absolute atomic E-state index is 0.0720. The van der Waals surface area contributed by atoms with Crippen molar-refractivity contribution in [3.05, 3.63) is 35.4 Å². The SMILES string of the molecule is CC(c1ccc(C(=O)OC2CC(C(O)(C(F)(F)F)C(F)(F)F)CC(C(O)(C(F)(F)F)C(F)(F)F)C2)cc1)C(C)(C)C. The Balaban J connectivity index is 2.55. The fourth-order valence-corrected chi connectivity index (χ4v) is 4.92. The van der Waals surface area contributed by atoms with Gasteiger partial charge < -0.3 is 14.9 Å². The zero-order valence-electron chi connectivity index (χ0n) is 22.0. The predicted octanol–water partition coefficient (Wildman–Crippen LogP) is 7.49. The standard InChI is InChI=1S/C25H28F12O4/c1-12(19(2,3)4)13-5-7-14(8-6-13)18(38)41-17-10-15(20(39,22(26,27)28)23(29,30)31)9-16(11-17)21(40,24(32,33)34)25(35,36)37/h5-8,12,15-17,39-40H,9-11H2,1-4H3. The number of carbonyl (C=O) groups is 1. The highest BCUT2D eigenvalue weighted by atomic mass is 19.4. The van der Waals surface area contributed by atoms with E-state index in [0.29, 0.717) is 5.56 Å². The number of benzene rings is 1. The summed E-state index contributed by atoms with van der Waals surface area (Å²) in [6.07, 6.45) is -34.3. The molecule has 1 fully saturated rings. The molecule has 3 unspecified atom stereocenters. The maximum atomic E-state index is 13.5. The highest BCUT2D eigenvalue weighted by molar-refractivity contribution is 5.89. The summed E-state index contributed by atoms with van der Waals surface area (Å²) < 4.78 is 167. The van der Waals surface area contributed by atoms with E-state index in [-0.39, 0.29) is 16.9 Å². The lowest BCUT2D eigenvalue weighted by Gasteiger charge is -2.48. The number of ether oxygens (including phenoxy) is 1. The van der Waals surface area contributed by atoms with E-state index < -0.39 is 79.1 Å². The molecule has 1 aliphatic carbocycles. The van der Waals surface area contributed by atoms with Gasteiger partial charge in [-0.1, -0.05) is 39.8 Å². The molecule has 4 nitrogen and oxygen atoms in total. The molecule has 3 atom stereocenters. The molecule has 0 amide bonds. The van der Waals surface area contributed by atoms with E-state index in [1.54, 1.807) is 0 Å². The van der Waals surface area contributed by atoms with Crippen LogP contribution in [0.2, 0.25) is 0 Å². The van der Waals surface area contributed by atoms with Gasteiger partial charge in [0.05, 0.1) is 5.56 Å². The number of aliphatic hydroxyl groups is 2. The summed E-state index contributed by atoms with van der Waals surface area (Å²) in [6.45, 7) is 7.56. The quantitative estimate of drug-likeness (QED) is 0.265. The summed E-state index contributed by atoms with van der Waals surface area (Å²) in [7, 11) is 0. The zero-order chi connectivity index (χ0) is 32.2. The first-order valence-corrected chi connectivity index (χ1v) is 12.1. The first-order chi connectivity index (χ1) is 18.1. The molecule has 2 N–H and O–H groups in total. The van der Waals surface area contributed by atoms with Gasteiger partial charge in [0.1, 0.15) is 6.10 Å². The van der Waals surface area contributed by atoms with Crippen molar-refractivity contribution in [2.24, 2.45) is 17.3 Å². The Morgan fingerprint density at radius 3 is 1.34 bits per heavy atom. The summed E-state index contributed by atoms with van der Waals surface area (Å²) in [5, 5.41) is 19.6. The van der Waals surface area contributed by atoms with E-state index in [9.17, 15) is 67.7 Å². The van der Waals surface area contributed by atoms with E-state index in [1.807, 2.05) is 27.7 Å². The molecule has 0 radical (unpaired) electrons. The Kier molecular flexibility index (Phi) is 9.21. The van der Waals surface area contributed by atoms with Gasteiger partial charge in [0, 0.05) is 11.8 Å². The molecule has 1 aliphatic rings. The van der Waals surface area contributed by atoms with Crippen molar-refractivity contribution in [2.75, 3.05) is 0 Å². The van der Waals surface area contributed by atoms with E-state index in [2.05, 4.69) is 0 Å². The summed E-state index contributed by atoms with van der Waals surface area (Å²) in [5.41, 5.74) is -11.5. The first kappa shape index (κ1) is 35.0. The van der Waals surface area contributed by atoms with Crippen LogP contribution < -0.4 is 0 Å². The Labute approximate surface area is 226 Å². The summed E-state index contributed by atoms with van der Waals surface area (Å²) in [4.78, 5) is 12.7. The number of hydrogen-bond acceptors (Lipinski definition) is 4. The Morgan fingerprint density at radius 1 is 0.707 bits per heavy atom. The number of alkyl halides is 12. The molecule has 41 heavy (non-hydrogen) atoms. The maximum absolute atomic E-state index is 13.5. The van der Waals surface area contributed by atoms with Crippen molar-refractivity contribution in [1.29, 1.82) is 0 Å². The molecule has 0 bridgehead atoms. The molecular weight excluding hydrogens is 592 g/mol. The summed E-state index contributed by atoms with van der Waals surface area (Å²) in [6, 6.07) is 5.19. The molecular formula is C25H28F12O4. The Morgan fingerprint density at radius 2 is 1.05 bits per heavy atom. The van der Waals surface area contributed by atoms with Gasteiger partial charge in [-0.05, 0) is 48.3 Å². The van der Waals surface area contributed by atoms with Crippen LogP contribution in [0.5, 0.6) is 0 Å². The van der Waals surface area contributed by atoms with Crippen molar-refractivity contribution in [1.82, 2.24) is 0 Å². The molecule has 0 saturated heterocycles. The maximum Gasteiger partial charge on any atom is 0.426 e.